The van der Waals surface area contributed by atoms with Gasteiger partial charge in [0.15, 0.2) is 0 Å². The number of hydrogen-bond acceptors (Lipinski definition) is 3. The van der Waals surface area contributed by atoms with Crippen molar-refractivity contribution in [2.45, 2.75) is 44.2 Å². The molecule has 0 bridgehead atoms. The summed E-state index contributed by atoms with van der Waals surface area (Å²) < 4.78 is 18.5. The van der Waals surface area contributed by atoms with Crippen LogP contribution in [0.1, 0.15) is 32.6 Å². The lowest BCUT2D eigenvalue weighted by atomic mass is 9.83. The van der Waals surface area contributed by atoms with Gasteiger partial charge in [0, 0.05) is 16.2 Å². The molecular formula is C20H25ClFN3O2. The molecule has 1 aliphatic carbocycles. The number of hydrogen-bond donors (Lipinski definition) is 3. The number of benzene rings is 2. The molecule has 27 heavy (non-hydrogen) atoms. The minimum absolute atomic E-state index is 0.0390. The van der Waals surface area contributed by atoms with E-state index in [0.29, 0.717) is 10.7 Å². The maximum Gasteiger partial charge on any atom is 0.316 e. The Kier molecular flexibility index (Phi) is 7.45. The molecule has 0 atom stereocenters. The second-order valence-corrected chi connectivity index (χ2v) is 7.36. The minimum Gasteiger partial charge on any atom is -0.490 e. The molecule has 5 N–H and O–H groups in total. The zero-order valence-electron chi connectivity index (χ0n) is 15.3. The number of halogens is 2. The van der Waals surface area contributed by atoms with E-state index in [2.05, 4.69) is 12.2 Å². The molecule has 5 nitrogen and oxygen atoms in total. The van der Waals surface area contributed by atoms with Gasteiger partial charge in [-0.15, -0.1) is 0 Å². The zero-order chi connectivity index (χ0) is 19.9. The number of urea groups is 1. The van der Waals surface area contributed by atoms with Crippen LogP contribution in [0.15, 0.2) is 48.5 Å². The van der Waals surface area contributed by atoms with E-state index in [1.165, 1.54) is 12.1 Å². The third kappa shape index (κ3) is 7.85. The molecule has 1 aliphatic rings. The topological polar surface area (TPSA) is 90.4 Å². The Bertz CT molecular complexity index is 726. The number of rotatable bonds is 3. The fourth-order valence-corrected chi connectivity index (χ4v) is 2.88. The molecular weight excluding hydrogens is 369 g/mol. The second-order valence-electron chi connectivity index (χ2n) is 6.92. The van der Waals surface area contributed by atoms with Crippen molar-refractivity contribution < 1.29 is 13.9 Å². The third-order valence-electron chi connectivity index (χ3n) is 4.30. The van der Waals surface area contributed by atoms with Crippen LogP contribution in [0.5, 0.6) is 5.75 Å². The number of amides is 2. The van der Waals surface area contributed by atoms with Gasteiger partial charge in [0.05, 0.1) is 6.10 Å². The highest BCUT2D eigenvalue weighted by Gasteiger charge is 2.28. The van der Waals surface area contributed by atoms with Gasteiger partial charge in [-0.25, -0.2) is 9.18 Å². The molecule has 2 aromatic carbocycles. The number of carbonyl (C=O) groups excluding carboxylic acids is 1. The number of carbonyl (C=O) groups is 1. The summed E-state index contributed by atoms with van der Waals surface area (Å²) in [7, 11) is 0. The fraction of sp³-hybridized carbons (Fsp3) is 0.350. The van der Waals surface area contributed by atoms with E-state index in [-0.39, 0.29) is 17.5 Å². The lowest BCUT2D eigenvalue weighted by Gasteiger charge is -2.34. The van der Waals surface area contributed by atoms with Crippen LogP contribution < -0.4 is 21.5 Å². The molecule has 0 saturated heterocycles. The van der Waals surface area contributed by atoms with Crippen molar-refractivity contribution in [2.75, 3.05) is 5.32 Å². The molecule has 2 aromatic rings. The number of nitrogens with two attached hydrogens (primary N) is 2. The molecule has 2 amide bonds. The van der Waals surface area contributed by atoms with E-state index < -0.39 is 6.03 Å². The summed E-state index contributed by atoms with van der Waals surface area (Å²) in [5, 5.41) is 3.04. The van der Waals surface area contributed by atoms with Crippen molar-refractivity contribution >= 4 is 23.3 Å². The van der Waals surface area contributed by atoms with E-state index in [9.17, 15) is 9.18 Å². The van der Waals surface area contributed by atoms with Crippen LogP contribution >= 0.6 is 11.6 Å². The van der Waals surface area contributed by atoms with Gasteiger partial charge in [-0.2, -0.15) is 0 Å². The number of ether oxygens (including phenoxy) is 1. The van der Waals surface area contributed by atoms with Crippen molar-refractivity contribution in [1.82, 2.24) is 0 Å². The largest absolute Gasteiger partial charge is 0.490 e. The maximum atomic E-state index is 12.7. The average molecular weight is 394 g/mol. The van der Waals surface area contributed by atoms with E-state index in [0.717, 1.165) is 31.4 Å². The summed E-state index contributed by atoms with van der Waals surface area (Å²) in [6.45, 7) is 2.08. The molecule has 0 aromatic heterocycles. The minimum atomic E-state index is -0.577. The first-order chi connectivity index (χ1) is 12.7. The van der Waals surface area contributed by atoms with Gasteiger partial charge in [0.1, 0.15) is 11.6 Å². The first-order valence-corrected chi connectivity index (χ1v) is 9.14. The van der Waals surface area contributed by atoms with Gasteiger partial charge in [-0.3, -0.25) is 0 Å². The Morgan fingerprint density at radius 2 is 1.70 bits per heavy atom. The lowest BCUT2D eigenvalue weighted by molar-refractivity contribution is 0.124. The summed E-state index contributed by atoms with van der Waals surface area (Å²) in [6.07, 6.45) is 4.15. The molecule has 3 rings (SSSR count). The summed E-state index contributed by atoms with van der Waals surface area (Å²) in [6, 6.07) is 12.3. The van der Waals surface area contributed by atoms with Crippen molar-refractivity contribution in [3.8, 4) is 5.75 Å². The summed E-state index contributed by atoms with van der Waals surface area (Å²) >= 11 is 5.60. The van der Waals surface area contributed by atoms with Gasteiger partial charge in [0.25, 0.3) is 0 Å². The van der Waals surface area contributed by atoms with Gasteiger partial charge in [-0.05, 0) is 81.1 Å². The highest BCUT2D eigenvalue weighted by Crippen LogP contribution is 2.28. The standard InChI is InChI=1S/C13H18FNO.C7H7ClN2O/c1-13(15)8-6-12(7-9-13)16-11-4-2-10(14)3-5-11;8-5-1-3-6(4-2-5)10-7(9)11/h2-5,12H,6-9,15H2,1H3;1-4H,(H3,9,10,11). The van der Waals surface area contributed by atoms with Gasteiger partial charge in [0.2, 0.25) is 0 Å². The van der Waals surface area contributed by atoms with Crippen molar-refractivity contribution in [3.63, 3.8) is 0 Å². The Morgan fingerprint density at radius 3 is 2.22 bits per heavy atom. The van der Waals surface area contributed by atoms with E-state index in [4.69, 9.17) is 27.8 Å². The normalized spacial score (nSPS) is 21.6. The van der Waals surface area contributed by atoms with Crippen LogP contribution in [-0.4, -0.2) is 17.7 Å². The Balaban J connectivity index is 0.000000208. The summed E-state index contributed by atoms with van der Waals surface area (Å²) in [4.78, 5) is 10.3. The summed E-state index contributed by atoms with van der Waals surface area (Å²) in [5.74, 6) is 0.512. The van der Waals surface area contributed by atoms with E-state index in [1.54, 1.807) is 36.4 Å². The maximum absolute atomic E-state index is 12.7. The molecule has 0 radical (unpaired) electrons. The van der Waals surface area contributed by atoms with Crippen molar-refractivity contribution in [3.05, 3.63) is 59.4 Å². The molecule has 0 aliphatic heterocycles. The lowest BCUT2D eigenvalue weighted by Crippen LogP contribution is -2.42. The van der Waals surface area contributed by atoms with Crippen molar-refractivity contribution in [1.29, 1.82) is 0 Å². The smallest absolute Gasteiger partial charge is 0.316 e. The van der Waals surface area contributed by atoms with Gasteiger partial charge >= 0.3 is 6.03 Å². The number of nitrogens with one attached hydrogen (secondary N) is 1. The Hall–Kier alpha value is -2.31. The number of primary amides is 1. The van der Waals surface area contributed by atoms with E-state index >= 15 is 0 Å². The third-order valence-corrected chi connectivity index (χ3v) is 4.55. The Labute approximate surface area is 163 Å². The van der Waals surface area contributed by atoms with Gasteiger partial charge in [-0.1, -0.05) is 11.6 Å². The predicted molar refractivity (Wildman–Crippen MR) is 107 cm³/mol. The fourth-order valence-electron chi connectivity index (χ4n) is 2.75. The SMILES string of the molecule is CC1(N)CCC(Oc2ccc(F)cc2)CC1.NC(=O)Nc1ccc(Cl)cc1. The van der Waals surface area contributed by atoms with E-state index in [1.807, 2.05) is 0 Å². The summed E-state index contributed by atoms with van der Waals surface area (Å²) in [5.41, 5.74) is 11.5. The van der Waals surface area contributed by atoms with Crippen LogP contribution in [0.25, 0.3) is 0 Å². The van der Waals surface area contributed by atoms with Crippen LogP contribution in [0.3, 0.4) is 0 Å². The van der Waals surface area contributed by atoms with Crippen molar-refractivity contribution in [2.24, 2.45) is 11.5 Å². The molecule has 7 heteroatoms. The monoisotopic (exact) mass is 393 g/mol. The first kappa shape index (κ1) is 21.0. The van der Waals surface area contributed by atoms with Crippen LogP contribution in [0.2, 0.25) is 5.02 Å². The first-order valence-electron chi connectivity index (χ1n) is 8.77. The molecule has 1 fully saturated rings. The average Bonchev–Trinajstić information content (AvgIpc) is 2.61. The molecule has 146 valence electrons. The second kappa shape index (κ2) is 9.58. The molecule has 0 spiro atoms. The number of anilines is 1. The molecule has 0 unspecified atom stereocenters. The Morgan fingerprint density at radius 1 is 1.15 bits per heavy atom. The van der Waals surface area contributed by atoms with Gasteiger partial charge < -0.3 is 21.5 Å². The predicted octanol–water partition coefficient (Wildman–Crippen LogP) is 4.70. The van der Waals surface area contributed by atoms with Crippen LogP contribution in [-0.2, 0) is 0 Å². The van der Waals surface area contributed by atoms with Crippen LogP contribution in [0, 0.1) is 5.82 Å². The molecule has 1 saturated carbocycles. The highest BCUT2D eigenvalue weighted by atomic mass is 35.5. The quantitative estimate of drug-likeness (QED) is 0.706. The zero-order valence-corrected chi connectivity index (χ0v) is 16.0. The highest BCUT2D eigenvalue weighted by molar-refractivity contribution is 6.30. The van der Waals surface area contributed by atoms with Crippen LogP contribution in [0.4, 0.5) is 14.9 Å². The molecule has 0 heterocycles.